The van der Waals surface area contributed by atoms with E-state index in [1.807, 2.05) is 27.0 Å². The smallest absolute Gasteiger partial charge is 0.223 e. The van der Waals surface area contributed by atoms with E-state index in [-0.39, 0.29) is 23.2 Å². The molecule has 0 bridgehead atoms. The van der Waals surface area contributed by atoms with Crippen LogP contribution >= 0.6 is 11.3 Å². The molecule has 2 atom stereocenters. The molecule has 0 aliphatic rings. The summed E-state index contributed by atoms with van der Waals surface area (Å²) >= 11 is 1.53. The standard InChI is InChI=1S/C38H53N3O2S/c1-12-38(10,11)20-32(35(24(4)5)30-14-13-17-39-36(30)25(6)7)31-18-28(16-15-26(31)8)33-22-44-34(41-33)19-29(21-42)40-37(43)27(9)23(2)3/h13-18,21-25,27,29H,12,19-20H2,1-11H3,(H,40,43)/b35-32+. The molecule has 5 nitrogen and oxygen atoms in total. The normalized spacial score (nSPS) is 14.1. The second-order valence-electron chi connectivity index (χ2n) is 14.0. The molecule has 0 aliphatic carbocycles. The van der Waals surface area contributed by atoms with Gasteiger partial charge in [-0.2, -0.15) is 0 Å². The number of pyridine rings is 1. The Morgan fingerprint density at radius 1 is 1.05 bits per heavy atom. The molecule has 1 amide bonds. The Labute approximate surface area is 270 Å². The number of rotatable bonds is 14. The highest BCUT2D eigenvalue weighted by atomic mass is 32.1. The van der Waals surface area contributed by atoms with Crippen LogP contribution in [-0.4, -0.2) is 28.2 Å². The van der Waals surface area contributed by atoms with Crippen molar-refractivity contribution in [1.29, 1.82) is 0 Å². The number of thiazole rings is 1. The Morgan fingerprint density at radius 2 is 1.75 bits per heavy atom. The number of nitrogens with zero attached hydrogens (tertiary/aromatic N) is 2. The van der Waals surface area contributed by atoms with E-state index in [2.05, 4.69) is 96.4 Å². The third-order valence-electron chi connectivity index (χ3n) is 8.90. The third-order valence-corrected chi connectivity index (χ3v) is 9.77. The van der Waals surface area contributed by atoms with Gasteiger partial charge in [0, 0.05) is 29.5 Å². The molecule has 0 saturated carbocycles. The number of aryl methyl sites for hydroxylation is 1. The fraction of sp³-hybridized carbons (Fsp3) is 0.526. The Kier molecular flexibility index (Phi) is 12.3. The largest absolute Gasteiger partial charge is 0.346 e. The number of hydrogen-bond donors (Lipinski definition) is 1. The van der Waals surface area contributed by atoms with Gasteiger partial charge in [-0.1, -0.05) is 93.9 Å². The molecular formula is C38H53N3O2S. The number of carbonyl (C=O) groups excluding carboxylic acids is 2. The van der Waals surface area contributed by atoms with E-state index >= 15 is 0 Å². The van der Waals surface area contributed by atoms with Gasteiger partial charge < -0.3 is 10.1 Å². The highest BCUT2D eigenvalue weighted by molar-refractivity contribution is 7.10. The predicted octanol–water partition coefficient (Wildman–Crippen LogP) is 9.55. The number of amides is 1. The quantitative estimate of drug-likeness (QED) is 0.183. The Bertz CT molecular complexity index is 1460. The van der Waals surface area contributed by atoms with Crippen LogP contribution in [0, 0.1) is 30.1 Å². The lowest BCUT2D eigenvalue weighted by atomic mass is 9.75. The van der Waals surface area contributed by atoms with E-state index in [4.69, 9.17) is 9.97 Å². The van der Waals surface area contributed by atoms with Crippen LogP contribution in [0.25, 0.3) is 22.4 Å². The molecule has 0 spiro atoms. The molecule has 6 heteroatoms. The van der Waals surface area contributed by atoms with Gasteiger partial charge in [-0.15, -0.1) is 11.3 Å². The van der Waals surface area contributed by atoms with Crippen LogP contribution in [0.5, 0.6) is 0 Å². The van der Waals surface area contributed by atoms with Crippen molar-refractivity contribution in [1.82, 2.24) is 15.3 Å². The van der Waals surface area contributed by atoms with Crippen LogP contribution in [0.15, 0.2) is 41.9 Å². The maximum Gasteiger partial charge on any atom is 0.223 e. The van der Waals surface area contributed by atoms with Crippen molar-refractivity contribution in [3.63, 3.8) is 0 Å². The van der Waals surface area contributed by atoms with Crippen molar-refractivity contribution in [2.45, 2.75) is 107 Å². The SMILES string of the molecule is CCC(C)(C)C/C(=C(\c1cccnc1C(C)C)C(C)C)c1cc(-c2csc(CC(C=O)NC(=O)C(C)C(C)C)n2)ccc1C. The van der Waals surface area contributed by atoms with Crippen molar-refractivity contribution in [3.8, 4) is 11.3 Å². The number of aldehydes is 1. The van der Waals surface area contributed by atoms with Crippen LogP contribution in [-0.2, 0) is 16.0 Å². The molecule has 1 aromatic carbocycles. The van der Waals surface area contributed by atoms with E-state index < -0.39 is 6.04 Å². The molecule has 2 aromatic heterocycles. The van der Waals surface area contributed by atoms with Crippen LogP contribution in [0.1, 0.15) is 115 Å². The zero-order chi connectivity index (χ0) is 32.8. The average molecular weight is 616 g/mol. The van der Waals surface area contributed by atoms with E-state index in [9.17, 15) is 9.59 Å². The number of aromatic nitrogens is 2. The minimum absolute atomic E-state index is 0.0958. The summed E-state index contributed by atoms with van der Waals surface area (Å²) in [7, 11) is 0. The molecule has 44 heavy (non-hydrogen) atoms. The number of nitrogens with one attached hydrogen (secondary N) is 1. The van der Waals surface area contributed by atoms with Gasteiger partial charge in [0.1, 0.15) is 6.29 Å². The van der Waals surface area contributed by atoms with Crippen LogP contribution in [0.3, 0.4) is 0 Å². The maximum absolute atomic E-state index is 12.6. The molecular weight excluding hydrogens is 563 g/mol. The first-order chi connectivity index (χ1) is 20.7. The van der Waals surface area contributed by atoms with E-state index in [0.717, 1.165) is 41.1 Å². The molecule has 0 saturated heterocycles. The highest BCUT2D eigenvalue weighted by Crippen LogP contribution is 2.44. The van der Waals surface area contributed by atoms with E-state index in [1.165, 1.54) is 39.2 Å². The molecule has 238 valence electrons. The van der Waals surface area contributed by atoms with Gasteiger partial charge in [0.15, 0.2) is 0 Å². The minimum atomic E-state index is -0.592. The van der Waals surface area contributed by atoms with Crippen LogP contribution < -0.4 is 5.32 Å². The average Bonchev–Trinajstić information content (AvgIpc) is 3.44. The van der Waals surface area contributed by atoms with Gasteiger partial charge in [-0.3, -0.25) is 9.78 Å². The summed E-state index contributed by atoms with van der Waals surface area (Å²) in [4.78, 5) is 34.2. The summed E-state index contributed by atoms with van der Waals surface area (Å²) < 4.78 is 0. The van der Waals surface area contributed by atoms with Crippen LogP contribution in [0.2, 0.25) is 0 Å². The van der Waals surface area contributed by atoms with E-state index in [1.54, 1.807) is 0 Å². The summed E-state index contributed by atoms with van der Waals surface area (Å²) in [5, 5.41) is 5.80. The number of hydrogen-bond acceptors (Lipinski definition) is 5. The molecule has 0 fully saturated rings. The monoisotopic (exact) mass is 615 g/mol. The van der Waals surface area contributed by atoms with Gasteiger partial charge >= 0.3 is 0 Å². The van der Waals surface area contributed by atoms with Gasteiger partial charge in [0.2, 0.25) is 5.91 Å². The number of benzene rings is 1. The minimum Gasteiger partial charge on any atom is -0.346 e. The fourth-order valence-corrected chi connectivity index (χ4v) is 6.31. The molecule has 0 radical (unpaired) electrons. The topological polar surface area (TPSA) is 72.0 Å². The fourth-order valence-electron chi connectivity index (χ4n) is 5.45. The first-order valence-corrected chi connectivity index (χ1v) is 17.1. The lowest BCUT2D eigenvalue weighted by Crippen LogP contribution is -2.41. The summed E-state index contributed by atoms with van der Waals surface area (Å²) in [5.41, 5.74) is 9.67. The van der Waals surface area contributed by atoms with Gasteiger partial charge in [0.05, 0.1) is 22.4 Å². The lowest BCUT2D eigenvalue weighted by molar-refractivity contribution is -0.128. The van der Waals surface area contributed by atoms with Gasteiger partial charge in [-0.05, 0) is 76.5 Å². The second kappa shape index (κ2) is 15.2. The zero-order valence-electron chi connectivity index (χ0n) is 28.7. The summed E-state index contributed by atoms with van der Waals surface area (Å²) in [6.45, 7) is 24.1. The summed E-state index contributed by atoms with van der Waals surface area (Å²) in [6.07, 6.45) is 5.13. The molecule has 2 heterocycles. The molecule has 3 aromatic rings. The Hall–Kier alpha value is -3.12. The van der Waals surface area contributed by atoms with Crippen molar-refractivity contribution in [2.75, 3.05) is 0 Å². The van der Waals surface area contributed by atoms with Crippen molar-refractivity contribution in [2.24, 2.45) is 23.2 Å². The third kappa shape index (κ3) is 8.74. The molecule has 1 N–H and O–H groups in total. The second-order valence-corrected chi connectivity index (χ2v) is 14.9. The molecule has 0 aliphatic heterocycles. The van der Waals surface area contributed by atoms with Gasteiger partial charge in [-0.25, -0.2) is 4.98 Å². The summed E-state index contributed by atoms with van der Waals surface area (Å²) in [5.74, 6) is 0.575. The zero-order valence-corrected chi connectivity index (χ0v) is 29.6. The van der Waals surface area contributed by atoms with Gasteiger partial charge in [0.25, 0.3) is 0 Å². The summed E-state index contributed by atoms with van der Waals surface area (Å²) in [6, 6.07) is 10.4. The molecule has 2 unspecified atom stereocenters. The van der Waals surface area contributed by atoms with Crippen LogP contribution in [0.4, 0.5) is 0 Å². The number of allylic oxidation sites excluding steroid dienone is 2. The Balaban J connectivity index is 2.10. The first kappa shape index (κ1) is 35.4. The number of carbonyl (C=O) groups is 2. The van der Waals surface area contributed by atoms with E-state index in [0.29, 0.717) is 18.3 Å². The lowest BCUT2D eigenvalue weighted by Gasteiger charge is -2.30. The Morgan fingerprint density at radius 3 is 2.34 bits per heavy atom. The van der Waals surface area contributed by atoms with Crippen molar-refractivity contribution < 1.29 is 9.59 Å². The molecule has 3 rings (SSSR count). The predicted molar refractivity (Wildman–Crippen MR) is 187 cm³/mol. The van der Waals surface area contributed by atoms with Crippen molar-refractivity contribution >= 4 is 34.7 Å². The maximum atomic E-state index is 12.6. The van der Waals surface area contributed by atoms with Crippen molar-refractivity contribution in [3.05, 3.63) is 69.3 Å². The first-order valence-electron chi connectivity index (χ1n) is 16.2. The highest BCUT2D eigenvalue weighted by Gasteiger charge is 2.26.